The van der Waals surface area contributed by atoms with Crippen LogP contribution in [0.1, 0.15) is 42.3 Å². The molecule has 30 heavy (non-hydrogen) atoms. The van der Waals surface area contributed by atoms with Crippen LogP contribution in [-0.2, 0) is 22.5 Å². The largest absolute Gasteiger partial charge is 0.489 e. The monoisotopic (exact) mass is 415 g/mol. The molecule has 0 saturated carbocycles. The molecule has 0 saturated heterocycles. The van der Waals surface area contributed by atoms with E-state index in [0.29, 0.717) is 17.7 Å². The maximum atomic E-state index is 11.9. The number of carbonyl (C=O) groups is 2. The minimum Gasteiger partial charge on any atom is -0.489 e. The van der Waals surface area contributed by atoms with Crippen LogP contribution < -0.4 is 10.1 Å². The summed E-state index contributed by atoms with van der Waals surface area (Å²) in [6, 6.07) is 14.0. The summed E-state index contributed by atoms with van der Waals surface area (Å²) in [6.07, 6.45) is -0.118. The molecule has 162 valence electrons. The molecule has 2 N–H and O–H groups in total. The van der Waals surface area contributed by atoms with E-state index in [4.69, 9.17) is 14.2 Å². The molecular formula is C23H29NO6. The van der Waals surface area contributed by atoms with Crippen LogP contribution in [0.15, 0.2) is 48.5 Å². The fourth-order valence-corrected chi connectivity index (χ4v) is 2.76. The number of amides is 1. The van der Waals surface area contributed by atoms with Crippen LogP contribution >= 0.6 is 0 Å². The van der Waals surface area contributed by atoms with Gasteiger partial charge in [0.05, 0.1) is 25.3 Å². The Morgan fingerprint density at radius 1 is 1.07 bits per heavy atom. The molecule has 0 unspecified atom stereocenters. The molecule has 1 amide bonds. The summed E-state index contributed by atoms with van der Waals surface area (Å²) in [4.78, 5) is 23.7. The molecule has 0 aliphatic heterocycles. The Balaban J connectivity index is 1.93. The highest BCUT2D eigenvalue weighted by Crippen LogP contribution is 2.18. The van der Waals surface area contributed by atoms with Crippen molar-refractivity contribution in [2.75, 3.05) is 13.7 Å². The standard InChI is InChI=1S/C23H29NO6/c1-23(2,3)30-22(27)24-18(14-25)13-16-9-11-19(12-10-16)29-15-17-7-5-6-8-20(17)21(26)28-4/h5-12,18,25H,13-15H2,1-4H3,(H,24,27)/t18-/m0/s1. The van der Waals surface area contributed by atoms with Gasteiger partial charge >= 0.3 is 12.1 Å². The molecular weight excluding hydrogens is 386 g/mol. The quantitative estimate of drug-likeness (QED) is 0.641. The normalized spacial score (nSPS) is 12.0. The topological polar surface area (TPSA) is 94.1 Å². The number of aliphatic hydroxyl groups is 1. The predicted molar refractivity (Wildman–Crippen MR) is 113 cm³/mol. The number of alkyl carbamates (subject to hydrolysis) is 1. The summed E-state index contributed by atoms with van der Waals surface area (Å²) in [7, 11) is 1.34. The summed E-state index contributed by atoms with van der Waals surface area (Å²) in [5.74, 6) is 0.233. The first-order chi connectivity index (χ1) is 14.2. The van der Waals surface area contributed by atoms with Gasteiger partial charge in [0.25, 0.3) is 0 Å². The van der Waals surface area contributed by atoms with Crippen molar-refractivity contribution in [3.05, 3.63) is 65.2 Å². The molecule has 0 radical (unpaired) electrons. The van der Waals surface area contributed by atoms with Crippen molar-refractivity contribution >= 4 is 12.1 Å². The highest BCUT2D eigenvalue weighted by molar-refractivity contribution is 5.90. The zero-order valence-corrected chi connectivity index (χ0v) is 17.8. The predicted octanol–water partition coefficient (Wildman–Crippen LogP) is 3.48. The van der Waals surface area contributed by atoms with Crippen LogP contribution in [0.25, 0.3) is 0 Å². The Bertz CT molecular complexity index is 842. The first-order valence-electron chi connectivity index (χ1n) is 9.70. The number of ether oxygens (including phenoxy) is 3. The molecule has 1 atom stereocenters. The first-order valence-corrected chi connectivity index (χ1v) is 9.70. The van der Waals surface area contributed by atoms with Crippen LogP contribution in [0, 0.1) is 0 Å². The number of hydrogen-bond donors (Lipinski definition) is 2. The molecule has 2 rings (SSSR count). The fraction of sp³-hybridized carbons (Fsp3) is 0.391. The van der Waals surface area contributed by atoms with Gasteiger partial charge in [-0.15, -0.1) is 0 Å². The fourth-order valence-electron chi connectivity index (χ4n) is 2.76. The van der Waals surface area contributed by atoms with Crippen molar-refractivity contribution in [2.45, 2.75) is 45.4 Å². The molecule has 0 aromatic heterocycles. The Kier molecular flexibility index (Phi) is 8.24. The van der Waals surface area contributed by atoms with Crippen molar-refractivity contribution in [1.82, 2.24) is 5.32 Å². The van der Waals surface area contributed by atoms with Crippen LogP contribution in [-0.4, -0.2) is 42.5 Å². The van der Waals surface area contributed by atoms with Gasteiger partial charge in [-0.1, -0.05) is 30.3 Å². The second-order valence-corrected chi connectivity index (χ2v) is 7.81. The van der Waals surface area contributed by atoms with E-state index in [1.807, 2.05) is 24.3 Å². The molecule has 0 aliphatic carbocycles. The van der Waals surface area contributed by atoms with Gasteiger partial charge in [0.15, 0.2) is 0 Å². The molecule has 0 spiro atoms. The SMILES string of the molecule is COC(=O)c1ccccc1COc1ccc(C[C@@H](CO)NC(=O)OC(C)(C)C)cc1. The number of methoxy groups -OCH3 is 1. The summed E-state index contributed by atoms with van der Waals surface area (Å²) >= 11 is 0. The van der Waals surface area contributed by atoms with E-state index < -0.39 is 23.7 Å². The lowest BCUT2D eigenvalue weighted by Crippen LogP contribution is -2.42. The van der Waals surface area contributed by atoms with E-state index in [1.54, 1.807) is 45.0 Å². The third-order valence-corrected chi connectivity index (χ3v) is 4.16. The number of hydrogen-bond acceptors (Lipinski definition) is 6. The molecule has 2 aromatic rings. The molecule has 0 aliphatic rings. The van der Waals surface area contributed by atoms with Gasteiger partial charge in [-0.05, 0) is 51.0 Å². The Hall–Kier alpha value is -3.06. The van der Waals surface area contributed by atoms with E-state index in [-0.39, 0.29) is 13.2 Å². The van der Waals surface area contributed by atoms with Gasteiger partial charge in [0.1, 0.15) is 18.0 Å². The minimum atomic E-state index is -0.602. The van der Waals surface area contributed by atoms with Gasteiger partial charge in [0.2, 0.25) is 0 Å². The van der Waals surface area contributed by atoms with Gasteiger partial charge in [-0.25, -0.2) is 9.59 Å². The molecule has 0 fully saturated rings. The van der Waals surface area contributed by atoms with Gasteiger partial charge in [-0.2, -0.15) is 0 Å². The summed E-state index contributed by atoms with van der Waals surface area (Å²) in [6.45, 7) is 5.36. The second kappa shape index (κ2) is 10.6. The van der Waals surface area contributed by atoms with Crippen LogP contribution in [0.4, 0.5) is 4.79 Å². The number of aliphatic hydroxyl groups excluding tert-OH is 1. The van der Waals surface area contributed by atoms with Gasteiger partial charge < -0.3 is 24.6 Å². The minimum absolute atomic E-state index is 0.207. The number of benzene rings is 2. The molecule has 2 aromatic carbocycles. The highest BCUT2D eigenvalue weighted by Gasteiger charge is 2.19. The Morgan fingerprint density at radius 2 is 1.73 bits per heavy atom. The summed E-state index contributed by atoms with van der Waals surface area (Å²) < 4.78 is 15.8. The van der Waals surface area contributed by atoms with E-state index in [0.717, 1.165) is 11.1 Å². The Labute approximate surface area is 177 Å². The van der Waals surface area contributed by atoms with E-state index in [1.165, 1.54) is 7.11 Å². The second-order valence-electron chi connectivity index (χ2n) is 7.81. The van der Waals surface area contributed by atoms with Crippen LogP contribution in [0.2, 0.25) is 0 Å². The maximum Gasteiger partial charge on any atom is 0.407 e. The zero-order valence-electron chi connectivity index (χ0n) is 17.8. The highest BCUT2D eigenvalue weighted by atomic mass is 16.6. The maximum absolute atomic E-state index is 11.9. The lowest BCUT2D eigenvalue weighted by molar-refractivity contribution is 0.0482. The summed E-state index contributed by atoms with van der Waals surface area (Å²) in [5.41, 5.74) is 1.52. The number of carbonyl (C=O) groups excluding carboxylic acids is 2. The molecule has 7 nitrogen and oxygen atoms in total. The smallest absolute Gasteiger partial charge is 0.407 e. The number of nitrogens with one attached hydrogen (secondary N) is 1. The van der Waals surface area contributed by atoms with Crippen LogP contribution in [0.5, 0.6) is 5.75 Å². The van der Waals surface area contributed by atoms with E-state index in [9.17, 15) is 14.7 Å². The lowest BCUT2D eigenvalue weighted by atomic mass is 10.1. The third kappa shape index (κ3) is 7.40. The van der Waals surface area contributed by atoms with Gasteiger partial charge in [-0.3, -0.25) is 0 Å². The average molecular weight is 415 g/mol. The van der Waals surface area contributed by atoms with Crippen molar-refractivity contribution in [1.29, 1.82) is 0 Å². The van der Waals surface area contributed by atoms with Crippen LogP contribution in [0.3, 0.4) is 0 Å². The van der Waals surface area contributed by atoms with Crippen molar-refractivity contribution in [3.8, 4) is 5.75 Å². The molecule has 7 heteroatoms. The molecule has 0 heterocycles. The first kappa shape index (κ1) is 23.2. The Morgan fingerprint density at radius 3 is 2.33 bits per heavy atom. The van der Waals surface area contributed by atoms with Crippen molar-refractivity contribution in [3.63, 3.8) is 0 Å². The van der Waals surface area contributed by atoms with Crippen molar-refractivity contribution < 1.29 is 28.9 Å². The van der Waals surface area contributed by atoms with E-state index in [2.05, 4.69) is 5.32 Å². The van der Waals surface area contributed by atoms with Crippen molar-refractivity contribution in [2.24, 2.45) is 0 Å². The zero-order chi connectivity index (χ0) is 22.1. The number of esters is 1. The average Bonchev–Trinajstić information content (AvgIpc) is 2.71. The summed E-state index contributed by atoms with van der Waals surface area (Å²) in [5, 5.41) is 12.2. The third-order valence-electron chi connectivity index (χ3n) is 4.16. The van der Waals surface area contributed by atoms with Gasteiger partial charge in [0, 0.05) is 5.56 Å². The van der Waals surface area contributed by atoms with E-state index >= 15 is 0 Å². The molecule has 0 bridgehead atoms. The lowest BCUT2D eigenvalue weighted by Gasteiger charge is -2.22. The number of rotatable bonds is 8.